The number of nitrogens with zero attached hydrogens (tertiary/aromatic N) is 3. The molecule has 30 heavy (non-hydrogen) atoms. The van der Waals surface area contributed by atoms with Crippen LogP contribution in [0, 0.1) is 6.92 Å². The largest absolute Gasteiger partial charge is 0.345 e. The van der Waals surface area contributed by atoms with Crippen molar-refractivity contribution in [2.45, 2.75) is 32.9 Å². The molecule has 1 aromatic heterocycles. The summed E-state index contributed by atoms with van der Waals surface area (Å²) in [6, 6.07) is 15.3. The van der Waals surface area contributed by atoms with E-state index >= 15 is 0 Å². The first-order valence-corrected chi connectivity index (χ1v) is 11.4. The van der Waals surface area contributed by atoms with Crippen LogP contribution in [0.1, 0.15) is 24.8 Å². The lowest BCUT2D eigenvalue weighted by Crippen LogP contribution is -2.49. The second-order valence-electron chi connectivity index (χ2n) is 6.92. The van der Waals surface area contributed by atoms with E-state index in [4.69, 9.17) is 4.52 Å². The first-order valence-electron chi connectivity index (χ1n) is 9.51. The highest BCUT2D eigenvalue weighted by Gasteiger charge is 2.31. The lowest BCUT2D eigenvalue weighted by atomic mass is 10.1. The molecule has 3 aromatic rings. The molecule has 3 rings (SSSR count). The molecular weight excluding hydrogens is 404 g/mol. The van der Waals surface area contributed by atoms with E-state index in [2.05, 4.69) is 15.5 Å². The van der Waals surface area contributed by atoms with Crippen molar-refractivity contribution >= 4 is 21.6 Å². The maximum absolute atomic E-state index is 12.8. The summed E-state index contributed by atoms with van der Waals surface area (Å²) in [4.78, 5) is 17.1. The van der Waals surface area contributed by atoms with Gasteiger partial charge in [0.05, 0.1) is 18.5 Å². The highest BCUT2D eigenvalue weighted by atomic mass is 32.2. The zero-order chi connectivity index (χ0) is 21.7. The summed E-state index contributed by atoms with van der Waals surface area (Å²) >= 11 is 0. The van der Waals surface area contributed by atoms with Crippen LogP contribution in [0.15, 0.2) is 59.1 Å². The molecule has 0 unspecified atom stereocenters. The van der Waals surface area contributed by atoms with Gasteiger partial charge >= 0.3 is 0 Å². The summed E-state index contributed by atoms with van der Waals surface area (Å²) in [5.41, 5.74) is 2.32. The molecule has 0 bridgehead atoms. The van der Waals surface area contributed by atoms with Crippen LogP contribution in [0.5, 0.6) is 0 Å². The maximum atomic E-state index is 12.8. The Morgan fingerprint density at radius 1 is 1.17 bits per heavy atom. The number of nitrogens with one attached hydrogen (secondary N) is 1. The van der Waals surface area contributed by atoms with Gasteiger partial charge in [-0.05, 0) is 31.5 Å². The van der Waals surface area contributed by atoms with Crippen molar-refractivity contribution < 1.29 is 17.7 Å². The van der Waals surface area contributed by atoms with Crippen LogP contribution in [0.25, 0.3) is 11.4 Å². The summed E-state index contributed by atoms with van der Waals surface area (Å²) in [7, 11) is -3.67. The third-order valence-corrected chi connectivity index (χ3v) is 5.68. The van der Waals surface area contributed by atoms with Crippen molar-refractivity contribution in [1.82, 2.24) is 15.5 Å². The van der Waals surface area contributed by atoms with Crippen LogP contribution in [-0.4, -0.2) is 36.8 Å². The Morgan fingerprint density at radius 2 is 1.90 bits per heavy atom. The number of rotatable bonds is 8. The Bertz CT molecular complexity index is 1110. The van der Waals surface area contributed by atoms with Gasteiger partial charge in [0.15, 0.2) is 0 Å². The van der Waals surface area contributed by atoms with E-state index in [9.17, 15) is 13.2 Å². The molecule has 2 aromatic carbocycles. The van der Waals surface area contributed by atoms with E-state index in [1.54, 1.807) is 37.3 Å². The van der Waals surface area contributed by atoms with Crippen molar-refractivity contribution in [2.75, 3.05) is 10.6 Å². The van der Waals surface area contributed by atoms with Gasteiger partial charge in [0.2, 0.25) is 27.6 Å². The molecule has 1 amide bonds. The Morgan fingerprint density at radius 3 is 2.53 bits per heavy atom. The molecule has 158 valence electrons. The summed E-state index contributed by atoms with van der Waals surface area (Å²) < 4.78 is 31.2. The van der Waals surface area contributed by atoms with Crippen molar-refractivity contribution in [2.24, 2.45) is 0 Å². The Labute approximate surface area is 176 Å². The van der Waals surface area contributed by atoms with Gasteiger partial charge in [0.1, 0.15) is 6.04 Å². The predicted molar refractivity (Wildman–Crippen MR) is 114 cm³/mol. The first kappa shape index (κ1) is 21.5. The third kappa shape index (κ3) is 5.04. The molecule has 0 spiro atoms. The van der Waals surface area contributed by atoms with Gasteiger partial charge in [0.25, 0.3) is 0 Å². The minimum Gasteiger partial charge on any atom is -0.345 e. The second kappa shape index (κ2) is 9.08. The predicted octanol–water partition coefficient (Wildman–Crippen LogP) is 2.91. The first-order chi connectivity index (χ1) is 14.3. The number of aryl methyl sites for hydroxylation is 1. The quantitative estimate of drug-likeness (QED) is 0.591. The van der Waals surface area contributed by atoms with Gasteiger partial charge in [-0.25, -0.2) is 8.42 Å². The van der Waals surface area contributed by atoms with Crippen LogP contribution in [0.2, 0.25) is 0 Å². The monoisotopic (exact) mass is 428 g/mol. The zero-order valence-corrected chi connectivity index (χ0v) is 17.9. The van der Waals surface area contributed by atoms with Gasteiger partial charge in [-0.1, -0.05) is 54.0 Å². The Kier molecular flexibility index (Phi) is 6.51. The number of amides is 1. The van der Waals surface area contributed by atoms with E-state index in [1.165, 1.54) is 0 Å². The molecule has 0 saturated heterocycles. The molecule has 9 heteroatoms. The highest BCUT2D eigenvalue weighted by Crippen LogP contribution is 2.22. The fourth-order valence-corrected chi connectivity index (χ4v) is 4.36. The molecule has 0 aliphatic rings. The molecule has 0 saturated carbocycles. The van der Waals surface area contributed by atoms with Gasteiger partial charge in [0, 0.05) is 5.56 Å². The fraction of sp³-hybridized carbons (Fsp3) is 0.286. The molecule has 8 nitrogen and oxygen atoms in total. The number of anilines is 1. The van der Waals surface area contributed by atoms with E-state index in [0.717, 1.165) is 21.7 Å². The van der Waals surface area contributed by atoms with E-state index < -0.39 is 22.0 Å². The number of hydrogen-bond donors (Lipinski definition) is 1. The van der Waals surface area contributed by atoms with Gasteiger partial charge in [-0.15, -0.1) is 0 Å². The van der Waals surface area contributed by atoms with E-state index in [0.29, 0.717) is 17.9 Å². The summed E-state index contributed by atoms with van der Waals surface area (Å²) in [6.07, 6.45) is 1.38. The normalized spacial score (nSPS) is 12.4. The fourth-order valence-electron chi connectivity index (χ4n) is 3.14. The maximum Gasteiger partial charge on any atom is 0.246 e. The topological polar surface area (TPSA) is 105 Å². The van der Waals surface area contributed by atoms with Gasteiger partial charge < -0.3 is 9.84 Å². The molecule has 0 aliphatic carbocycles. The number of hydrogen-bond acceptors (Lipinski definition) is 6. The lowest BCUT2D eigenvalue weighted by molar-refractivity contribution is -0.122. The number of benzene rings is 2. The summed E-state index contributed by atoms with van der Waals surface area (Å²) in [5, 5.41) is 6.66. The SMILES string of the molecule is CC[C@@H](C(=O)NCc1nc(-c2cccc(C)c2)no1)N(c1ccccc1)S(C)(=O)=O. The number of sulfonamides is 1. The highest BCUT2D eigenvalue weighted by molar-refractivity contribution is 7.92. The van der Waals surface area contributed by atoms with Crippen molar-refractivity contribution in [3.8, 4) is 11.4 Å². The second-order valence-corrected chi connectivity index (χ2v) is 8.78. The Balaban J connectivity index is 1.74. The molecule has 1 atom stereocenters. The van der Waals surface area contributed by atoms with Crippen LogP contribution in [-0.2, 0) is 21.4 Å². The average Bonchev–Trinajstić information content (AvgIpc) is 3.19. The molecule has 1 N–H and O–H groups in total. The minimum atomic E-state index is -3.67. The Hall–Kier alpha value is -3.20. The smallest absolute Gasteiger partial charge is 0.246 e. The van der Waals surface area contributed by atoms with Crippen LogP contribution < -0.4 is 9.62 Å². The number of carbonyl (C=O) groups is 1. The van der Waals surface area contributed by atoms with Crippen molar-refractivity contribution in [3.63, 3.8) is 0 Å². The van der Waals surface area contributed by atoms with Gasteiger partial charge in [-0.2, -0.15) is 4.98 Å². The molecule has 0 aliphatic heterocycles. The third-order valence-electron chi connectivity index (χ3n) is 4.50. The zero-order valence-electron chi connectivity index (χ0n) is 17.1. The molecular formula is C21H24N4O4S. The minimum absolute atomic E-state index is 0.000536. The number of carbonyl (C=O) groups excluding carboxylic acids is 1. The van der Waals surface area contributed by atoms with E-state index in [-0.39, 0.29) is 12.4 Å². The average molecular weight is 429 g/mol. The van der Waals surface area contributed by atoms with Gasteiger partial charge in [-0.3, -0.25) is 9.10 Å². The molecule has 1 heterocycles. The van der Waals surface area contributed by atoms with Crippen molar-refractivity contribution in [3.05, 3.63) is 66.1 Å². The molecule has 0 radical (unpaired) electrons. The number of aromatic nitrogens is 2. The van der Waals surface area contributed by atoms with Crippen LogP contribution in [0.4, 0.5) is 5.69 Å². The van der Waals surface area contributed by atoms with E-state index in [1.807, 2.05) is 31.2 Å². The lowest BCUT2D eigenvalue weighted by Gasteiger charge is -2.29. The summed E-state index contributed by atoms with van der Waals surface area (Å²) in [5.74, 6) is 0.222. The van der Waals surface area contributed by atoms with Crippen molar-refractivity contribution in [1.29, 1.82) is 0 Å². The summed E-state index contributed by atoms with van der Waals surface area (Å²) in [6.45, 7) is 3.73. The van der Waals surface area contributed by atoms with Crippen LogP contribution in [0.3, 0.4) is 0 Å². The standard InChI is InChI=1S/C21H24N4O4S/c1-4-18(25(30(3,27)28)17-11-6-5-7-12-17)21(26)22-14-19-23-20(24-29-19)16-10-8-9-15(2)13-16/h5-13,18H,4,14H2,1-3H3,(H,22,26)/t18-/m0/s1. The molecule has 0 fully saturated rings. The number of para-hydroxylation sites is 1. The van der Waals surface area contributed by atoms with Crippen LogP contribution >= 0.6 is 0 Å².